The van der Waals surface area contributed by atoms with Crippen molar-refractivity contribution in [3.8, 4) is 0 Å². The third-order valence-corrected chi connectivity index (χ3v) is 4.43. The van der Waals surface area contributed by atoms with E-state index in [1.807, 2.05) is 0 Å². The zero-order valence-electron chi connectivity index (χ0n) is 11.7. The van der Waals surface area contributed by atoms with Crippen molar-refractivity contribution in [2.75, 3.05) is 26.3 Å². The summed E-state index contributed by atoms with van der Waals surface area (Å²) in [7, 11) is 0. The van der Waals surface area contributed by atoms with E-state index < -0.39 is 30.8 Å². The van der Waals surface area contributed by atoms with E-state index >= 15 is 0 Å². The molecule has 0 aromatic heterocycles. The molecule has 1 heterocycles. The number of benzene rings is 1. The van der Waals surface area contributed by atoms with E-state index in [9.17, 15) is 20.1 Å². The van der Waals surface area contributed by atoms with Gasteiger partial charge >= 0.3 is 6.09 Å². The lowest BCUT2D eigenvalue weighted by Gasteiger charge is -2.29. The Hall–Kier alpha value is -1.05. The molecular weight excluding hydrogens is 333 g/mol. The first-order chi connectivity index (χ1) is 10.4. The lowest BCUT2D eigenvalue weighted by Crippen LogP contribution is -2.40. The highest BCUT2D eigenvalue weighted by molar-refractivity contribution is 6.42. The maximum atomic E-state index is 11.3. The van der Waals surface area contributed by atoms with Crippen LogP contribution in [-0.2, 0) is 4.74 Å². The Balaban J connectivity index is 2.36. The van der Waals surface area contributed by atoms with Crippen molar-refractivity contribution >= 4 is 29.3 Å². The van der Waals surface area contributed by atoms with Crippen LogP contribution >= 0.6 is 23.2 Å². The van der Waals surface area contributed by atoms with E-state index in [0.717, 1.165) is 0 Å². The van der Waals surface area contributed by atoms with Gasteiger partial charge < -0.3 is 25.0 Å². The summed E-state index contributed by atoms with van der Waals surface area (Å²) in [6.07, 6.45) is -2.91. The number of amides is 1. The number of aliphatic hydroxyl groups excluding tert-OH is 2. The van der Waals surface area contributed by atoms with Gasteiger partial charge in [-0.1, -0.05) is 29.3 Å². The summed E-state index contributed by atoms with van der Waals surface area (Å²) in [5, 5.41) is 29.1. The Morgan fingerprint density at radius 2 is 2.14 bits per heavy atom. The number of carboxylic acid groups (broad SMARTS) is 1. The minimum Gasteiger partial charge on any atom is -0.465 e. The number of carbonyl (C=O) groups is 1. The van der Waals surface area contributed by atoms with Crippen LogP contribution in [0.1, 0.15) is 11.5 Å². The van der Waals surface area contributed by atoms with Crippen LogP contribution in [0, 0.1) is 0 Å². The number of ether oxygens (including phenoxy) is 1. The standard InChI is InChI=1S/C14H17Cl2NO5/c15-10-2-1-8(5-11(10)16)9-6-17(14(20)21)3-4-22-13(9)12(19)7-18/h1-2,5,9,12-13,18-19H,3-4,6-7H2,(H,20,21)/t9-,12-,13+/m0/s1. The summed E-state index contributed by atoms with van der Waals surface area (Å²) in [4.78, 5) is 12.5. The molecule has 1 aliphatic rings. The molecule has 0 unspecified atom stereocenters. The first kappa shape index (κ1) is 17.3. The fraction of sp³-hybridized carbons (Fsp3) is 0.500. The summed E-state index contributed by atoms with van der Waals surface area (Å²) >= 11 is 11.9. The average molecular weight is 350 g/mol. The molecular formula is C14H17Cl2NO5. The van der Waals surface area contributed by atoms with Crippen molar-refractivity contribution in [1.82, 2.24) is 4.90 Å². The SMILES string of the molecule is O=C(O)N1CCO[C@@H]([C@@H](O)CO)[C@H](c2ccc(Cl)c(Cl)c2)C1. The number of aliphatic hydroxyl groups is 2. The van der Waals surface area contributed by atoms with E-state index in [1.54, 1.807) is 18.2 Å². The highest BCUT2D eigenvalue weighted by Crippen LogP contribution is 2.32. The second-order valence-electron chi connectivity index (χ2n) is 5.09. The molecule has 1 aromatic carbocycles. The zero-order chi connectivity index (χ0) is 16.3. The van der Waals surface area contributed by atoms with Crippen molar-refractivity contribution in [1.29, 1.82) is 0 Å². The van der Waals surface area contributed by atoms with Crippen molar-refractivity contribution in [3.63, 3.8) is 0 Å². The van der Waals surface area contributed by atoms with Gasteiger partial charge in [-0.15, -0.1) is 0 Å². The van der Waals surface area contributed by atoms with E-state index in [0.29, 0.717) is 15.6 Å². The van der Waals surface area contributed by atoms with Crippen LogP contribution in [0.25, 0.3) is 0 Å². The van der Waals surface area contributed by atoms with Crippen LogP contribution in [-0.4, -0.2) is 64.8 Å². The fourth-order valence-corrected chi connectivity index (χ4v) is 2.85. The molecule has 6 nitrogen and oxygen atoms in total. The van der Waals surface area contributed by atoms with Crippen LogP contribution in [0.3, 0.4) is 0 Å². The summed E-state index contributed by atoms with van der Waals surface area (Å²) < 4.78 is 5.58. The Bertz CT molecular complexity index is 542. The van der Waals surface area contributed by atoms with E-state index in [2.05, 4.69) is 0 Å². The fourth-order valence-electron chi connectivity index (χ4n) is 2.54. The Kier molecular flexibility index (Phi) is 5.88. The average Bonchev–Trinajstić information content (AvgIpc) is 2.72. The van der Waals surface area contributed by atoms with Gasteiger partial charge in [0.15, 0.2) is 0 Å². The second-order valence-corrected chi connectivity index (χ2v) is 5.91. The van der Waals surface area contributed by atoms with Gasteiger partial charge in [0.25, 0.3) is 0 Å². The molecule has 1 aromatic rings. The second kappa shape index (κ2) is 7.48. The molecule has 1 amide bonds. The van der Waals surface area contributed by atoms with Crippen molar-refractivity contribution in [3.05, 3.63) is 33.8 Å². The number of nitrogens with zero attached hydrogens (tertiary/aromatic N) is 1. The quantitative estimate of drug-likeness (QED) is 0.774. The molecule has 0 spiro atoms. The minimum absolute atomic E-state index is 0.134. The molecule has 1 aliphatic heterocycles. The molecule has 1 fully saturated rings. The summed E-state index contributed by atoms with van der Waals surface area (Å²) in [5.41, 5.74) is 0.694. The first-order valence-corrected chi connectivity index (χ1v) is 7.53. The van der Waals surface area contributed by atoms with Crippen molar-refractivity contribution in [2.45, 2.75) is 18.1 Å². The normalized spacial score (nSPS) is 23.9. The van der Waals surface area contributed by atoms with Gasteiger partial charge in [0.05, 0.1) is 29.4 Å². The van der Waals surface area contributed by atoms with Crippen LogP contribution in [0.4, 0.5) is 4.79 Å². The summed E-state index contributed by atoms with van der Waals surface area (Å²) in [5.74, 6) is -0.462. The third kappa shape index (κ3) is 3.83. The molecule has 0 saturated carbocycles. The van der Waals surface area contributed by atoms with Gasteiger partial charge in [-0.05, 0) is 17.7 Å². The van der Waals surface area contributed by atoms with Gasteiger partial charge in [-0.3, -0.25) is 0 Å². The highest BCUT2D eigenvalue weighted by Gasteiger charge is 2.35. The van der Waals surface area contributed by atoms with Crippen LogP contribution in [0.15, 0.2) is 18.2 Å². The monoisotopic (exact) mass is 349 g/mol. The molecule has 0 bridgehead atoms. The van der Waals surface area contributed by atoms with Gasteiger partial charge in [0.1, 0.15) is 6.10 Å². The maximum Gasteiger partial charge on any atom is 0.407 e. The summed E-state index contributed by atoms with van der Waals surface area (Å²) in [6.45, 7) is -0.00175. The predicted octanol–water partition coefficient (Wildman–Crippen LogP) is 1.81. The van der Waals surface area contributed by atoms with Crippen molar-refractivity contribution in [2.24, 2.45) is 0 Å². The Morgan fingerprint density at radius 3 is 2.73 bits per heavy atom. The third-order valence-electron chi connectivity index (χ3n) is 3.69. The minimum atomic E-state index is -1.12. The largest absolute Gasteiger partial charge is 0.465 e. The van der Waals surface area contributed by atoms with Gasteiger partial charge in [-0.2, -0.15) is 0 Å². The molecule has 0 radical (unpaired) electrons. The maximum absolute atomic E-state index is 11.3. The smallest absolute Gasteiger partial charge is 0.407 e. The van der Waals surface area contributed by atoms with Crippen LogP contribution < -0.4 is 0 Å². The van der Waals surface area contributed by atoms with Gasteiger partial charge in [-0.25, -0.2) is 4.79 Å². The number of rotatable bonds is 3. The van der Waals surface area contributed by atoms with Crippen LogP contribution in [0.5, 0.6) is 0 Å². The lowest BCUT2D eigenvalue weighted by molar-refractivity contribution is -0.0610. The Labute approximate surface area is 137 Å². The number of hydrogen-bond donors (Lipinski definition) is 3. The molecule has 3 atom stereocenters. The van der Waals surface area contributed by atoms with Gasteiger partial charge in [0, 0.05) is 19.0 Å². The molecule has 22 heavy (non-hydrogen) atoms. The van der Waals surface area contributed by atoms with E-state index in [1.165, 1.54) is 4.90 Å². The lowest BCUT2D eigenvalue weighted by atomic mass is 9.90. The Morgan fingerprint density at radius 1 is 1.41 bits per heavy atom. The zero-order valence-corrected chi connectivity index (χ0v) is 13.2. The molecule has 3 N–H and O–H groups in total. The number of hydrogen-bond acceptors (Lipinski definition) is 4. The number of halogens is 2. The topological polar surface area (TPSA) is 90.2 Å². The molecule has 0 aliphatic carbocycles. The molecule has 8 heteroatoms. The van der Waals surface area contributed by atoms with E-state index in [4.69, 9.17) is 27.9 Å². The molecule has 2 rings (SSSR count). The van der Waals surface area contributed by atoms with Crippen LogP contribution in [0.2, 0.25) is 10.0 Å². The molecule has 122 valence electrons. The first-order valence-electron chi connectivity index (χ1n) is 6.77. The summed E-state index contributed by atoms with van der Waals surface area (Å²) in [6, 6.07) is 4.95. The van der Waals surface area contributed by atoms with Gasteiger partial charge in [0.2, 0.25) is 0 Å². The molecule has 1 saturated heterocycles. The van der Waals surface area contributed by atoms with Crippen molar-refractivity contribution < 1.29 is 24.9 Å². The predicted molar refractivity (Wildman–Crippen MR) is 81.6 cm³/mol. The van der Waals surface area contributed by atoms with E-state index in [-0.39, 0.29) is 19.7 Å². The highest BCUT2D eigenvalue weighted by atomic mass is 35.5.